The number of alkyl halides is 2. The number of ether oxygens (including phenoxy) is 3. The van der Waals surface area contributed by atoms with Crippen molar-refractivity contribution in [2.75, 3.05) is 11.9 Å². The Morgan fingerprint density at radius 2 is 1.87 bits per heavy atom. The maximum atomic E-state index is 15.6. The molecule has 2 rings (SSSR count). The molecule has 0 spiro atoms. The first kappa shape index (κ1) is 32.3. The summed E-state index contributed by atoms with van der Waals surface area (Å²) in [5, 5.41) is 2.56. The fraction of sp³-hybridized carbons (Fsp3) is 0.731. The van der Waals surface area contributed by atoms with Crippen molar-refractivity contribution in [3.63, 3.8) is 0 Å². The van der Waals surface area contributed by atoms with E-state index in [0.717, 1.165) is 19.0 Å². The molecule has 1 aromatic rings. The summed E-state index contributed by atoms with van der Waals surface area (Å²) in [6.45, 7) is 9.60. The number of unbranched alkanes of at least 4 members (excludes halogenated alkanes) is 1. The molecule has 0 saturated carbocycles. The lowest BCUT2D eigenvalue weighted by molar-refractivity contribution is -0.179. The van der Waals surface area contributed by atoms with Crippen molar-refractivity contribution < 1.29 is 37.4 Å². The normalized spacial score (nSPS) is 22.0. The summed E-state index contributed by atoms with van der Waals surface area (Å²) in [6, 6.07) is 0.0165. The highest BCUT2D eigenvalue weighted by Crippen LogP contribution is 2.44. The molecule has 0 aliphatic carbocycles. The van der Waals surface area contributed by atoms with E-state index in [-0.39, 0.29) is 17.6 Å². The van der Waals surface area contributed by atoms with Crippen LogP contribution in [-0.4, -0.2) is 58.2 Å². The predicted octanol–water partition coefficient (Wildman–Crippen LogP) is 3.03. The molecule has 1 aromatic heterocycles. The van der Waals surface area contributed by atoms with Gasteiger partial charge < -0.3 is 25.3 Å². The van der Waals surface area contributed by atoms with E-state index in [1.165, 1.54) is 6.07 Å². The van der Waals surface area contributed by atoms with E-state index < -0.39 is 66.5 Å². The van der Waals surface area contributed by atoms with E-state index in [2.05, 4.69) is 10.3 Å². The van der Waals surface area contributed by atoms with Gasteiger partial charge in [0.25, 0.3) is 0 Å². The van der Waals surface area contributed by atoms with Crippen LogP contribution in [-0.2, 0) is 28.6 Å². The molecule has 13 heteroatoms. The van der Waals surface area contributed by atoms with E-state index >= 15 is 8.78 Å². The molecule has 220 valence electrons. The Balaban J connectivity index is 2.31. The highest BCUT2D eigenvalue weighted by Gasteiger charge is 2.63. The molecule has 1 aliphatic rings. The number of hydrogen-bond acceptors (Lipinski definition) is 9. The summed E-state index contributed by atoms with van der Waals surface area (Å²) in [4.78, 5) is 53.5. The van der Waals surface area contributed by atoms with Gasteiger partial charge in [-0.3, -0.25) is 19.0 Å². The number of aromatic nitrogens is 2. The Morgan fingerprint density at radius 3 is 2.41 bits per heavy atom. The van der Waals surface area contributed by atoms with Crippen LogP contribution in [0.5, 0.6) is 0 Å². The molecule has 1 amide bonds. The topological polar surface area (TPSA) is 152 Å². The average Bonchev–Trinajstić information content (AvgIpc) is 3.11. The fourth-order valence-electron chi connectivity index (χ4n) is 3.92. The van der Waals surface area contributed by atoms with Gasteiger partial charge in [0.2, 0.25) is 12.1 Å². The molecule has 1 unspecified atom stereocenters. The summed E-state index contributed by atoms with van der Waals surface area (Å²) >= 11 is 0. The van der Waals surface area contributed by atoms with Crippen LogP contribution in [0.25, 0.3) is 0 Å². The largest absolute Gasteiger partial charge is 0.463 e. The summed E-state index contributed by atoms with van der Waals surface area (Å²) in [7, 11) is 0. The lowest BCUT2D eigenvalue weighted by atomic mass is 9.98. The van der Waals surface area contributed by atoms with Gasteiger partial charge in [0.05, 0.1) is 5.92 Å². The van der Waals surface area contributed by atoms with Gasteiger partial charge in [-0.05, 0) is 24.8 Å². The Bertz CT molecular complexity index is 1060. The molecule has 1 aliphatic heterocycles. The Morgan fingerprint density at radius 1 is 1.21 bits per heavy atom. The number of nitrogens with one attached hydrogen (secondary N) is 1. The van der Waals surface area contributed by atoms with Crippen molar-refractivity contribution in [1.82, 2.24) is 9.55 Å². The molecule has 39 heavy (non-hydrogen) atoms. The van der Waals surface area contributed by atoms with Crippen molar-refractivity contribution in [2.45, 2.75) is 97.6 Å². The predicted molar refractivity (Wildman–Crippen MR) is 138 cm³/mol. The van der Waals surface area contributed by atoms with Crippen molar-refractivity contribution in [3.8, 4) is 0 Å². The smallest absolute Gasteiger partial charge is 0.351 e. The third kappa shape index (κ3) is 8.04. The van der Waals surface area contributed by atoms with Gasteiger partial charge in [0.15, 0.2) is 6.10 Å². The zero-order chi connectivity index (χ0) is 29.5. The Labute approximate surface area is 226 Å². The molecule has 2 heterocycles. The molecule has 3 N–H and O–H groups in total. The molecule has 0 radical (unpaired) electrons. The lowest BCUT2D eigenvalue weighted by Gasteiger charge is -2.26. The zero-order valence-electron chi connectivity index (χ0n) is 23.3. The van der Waals surface area contributed by atoms with Crippen LogP contribution >= 0.6 is 0 Å². The number of nitrogens with zero attached hydrogens (tertiary/aromatic N) is 2. The second kappa shape index (κ2) is 13.9. The standard InChI is InChI=1S/C26H40F2N4O7/c1-7-9-10-16(8-2)21(33)30-18-11-12-32(25(36)31-18)24-26(27,28)20(39-23(35)19(29)14(3)4)17(38-24)13-37-22(34)15(5)6/h11-12,14-17,19-20,24H,7-10,13,29H2,1-6H3,(H,30,31,33,36)/t16?,17-,19+,20-,24-/m1/s1. The van der Waals surface area contributed by atoms with Gasteiger partial charge in [0, 0.05) is 12.1 Å². The first-order valence-electron chi connectivity index (χ1n) is 13.3. The van der Waals surface area contributed by atoms with Crippen molar-refractivity contribution >= 4 is 23.7 Å². The van der Waals surface area contributed by atoms with E-state index in [1.54, 1.807) is 27.7 Å². The van der Waals surface area contributed by atoms with E-state index in [4.69, 9.17) is 19.9 Å². The van der Waals surface area contributed by atoms with Gasteiger partial charge in [0.1, 0.15) is 24.6 Å². The van der Waals surface area contributed by atoms with Crippen LogP contribution in [0.3, 0.4) is 0 Å². The number of esters is 2. The number of hydrogen-bond donors (Lipinski definition) is 2. The van der Waals surface area contributed by atoms with Gasteiger partial charge in [-0.2, -0.15) is 13.8 Å². The first-order chi connectivity index (χ1) is 18.2. The molecular weight excluding hydrogens is 518 g/mol. The monoisotopic (exact) mass is 558 g/mol. The average molecular weight is 559 g/mol. The maximum Gasteiger partial charge on any atom is 0.351 e. The second-order valence-corrected chi connectivity index (χ2v) is 10.4. The Kier molecular flexibility index (Phi) is 11.5. The van der Waals surface area contributed by atoms with Crippen molar-refractivity contribution in [2.24, 2.45) is 23.5 Å². The summed E-state index contributed by atoms with van der Waals surface area (Å²) < 4.78 is 47.4. The number of rotatable bonds is 13. The molecule has 11 nitrogen and oxygen atoms in total. The highest BCUT2D eigenvalue weighted by molar-refractivity contribution is 5.91. The molecule has 0 bridgehead atoms. The van der Waals surface area contributed by atoms with Crippen LogP contribution in [0.4, 0.5) is 14.6 Å². The third-order valence-corrected chi connectivity index (χ3v) is 6.55. The molecular formula is C26H40F2N4O7. The minimum absolute atomic E-state index is 0.0918. The Hall–Kier alpha value is -2.93. The van der Waals surface area contributed by atoms with E-state index in [0.29, 0.717) is 17.4 Å². The number of carbonyl (C=O) groups is 3. The molecule has 5 atom stereocenters. The van der Waals surface area contributed by atoms with E-state index in [1.807, 2.05) is 13.8 Å². The maximum absolute atomic E-state index is 15.6. The summed E-state index contributed by atoms with van der Waals surface area (Å²) in [5.41, 5.74) is 4.65. The number of halogens is 2. The molecule has 1 fully saturated rings. The quantitative estimate of drug-likeness (QED) is 0.348. The minimum Gasteiger partial charge on any atom is -0.463 e. The minimum atomic E-state index is -3.93. The number of anilines is 1. The number of amides is 1. The van der Waals surface area contributed by atoms with Crippen LogP contribution in [0.1, 0.15) is 73.5 Å². The third-order valence-electron chi connectivity index (χ3n) is 6.55. The van der Waals surface area contributed by atoms with Gasteiger partial charge in [-0.25, -0.2) is 4.79 Å². The van der Waals surface area contributed by atoms with Crippen molar-refractivity contribution in [1.29, 1.82) is 0 Å². The van der Waals surface area contributed by atoms with Crippen LogP contribution in [0, 0.1) is 17.8 Å². The summed E-state index contributed by atoms with van der Waals surface area (Å²) in [5.74, 6) is -7.31. The molecule has 1 saturated heterocycles. The van der Waals surface area contributed by atoms with Gasteiger partial charge in [-0.15, -0.1) is 0 Å². The fourth-order valence-corrected chi connectivity index (χ4v) is 3.92. The van der Waals surface area contributed by atoms with Crippen LogP contribution in [0.2, 0.25) is 0 Å². The second-order valence-electron chi connectivity index (χ2n) is 10.4. The van der Waals surface area contributed by atoms with Gasteiger partial charge in [-0.1, -0.05) is 54.4 Å². The van der Waals surface area contributed by atoms with Crippen molar-refractivity contribution in [3.05, 3.63) is 22.7 Å². The van der Waals surface area contributed by atoms with E-state index in [9.17, 15) is 19.2 Å². The molecule has 0 aromatic carbocycles. The zero-order valence-corrected chi connectivity index (χ0v) is 23.3. The van der Waals surface area contributed by atoms with Crippen LogP contribution in [0.15, 0.2) is 17.1 Å². The highest BCUT2D eigenvalue weighted by atomic mass is 19.3. The number of nitrogens with two attached hydrogens (primary N) is 1. The number of carbonyl (C=O) groups excluding carboxylic acids is 3. The lowest BCUT2D eigenvalue weighted by Crippen LogP contribution is -2.48. The first-order valence-corrected chi connectivity index (χ1v) is 13.3. The van der Waals surface area contributed by atoms with Crippen LogP contribution < -0.4 is 16.7 Å². The summed E-state index contributed by atoms with van der Waals surface area (Å²) in [6.07, 6.45) is -1.97. The SMILES string of the molecule is CCCCC(CC)C(=O)Nc1ccn([C@@H]2O[C@H](COC(=O)C(C)C)[C@@H](OC(=O)[C@@H](N)C(C)C)C2(F)F)c(=O)n1. The van der Waals surface area contributed by atoms with Gasteiger partial charge >= 0.3 is 23.6 Å².